The summed E-state index contributed by atoms with van der Waals surface area (Å²) in [6.07, 6.45) is 8.33. The lowest BCUT2D eigenvalue weighted by atomic mass is 9.51. The van der Waals surface area contributed by atoms with E-state index in [4.69, 9.17) is 0 Å². The van der Waals surface area contributed by atoms with E-state index in [-0.39, 0.29) is 5.69 Å². The van der Waals surface area contributed by atoms with E-state index in [1.54, 1.807) is 13.1 Å². The maximum absolute atomic E-state index is 11.3. The van der Waals surface area contributed by atoms with E-state index in [1.165, 1.54) is 32.1 Å². The van der Waals surface area contributed by atoms with Gasteiger partial charge in [-0.05, 0) is 62.7 Å². The lowest BCUT2D eigenvalue weighted by Gasteiger charge is -2.53. The van der Waals surface area contributed by atoms with Gasteiger partial charge in [0.05, 0.1) is 0 Å². The Morgan fingerprint density at radius 1 is 1.15 bits per heavy atom. The summed E-state index contributed by atoms with van der Waals surface area (Å²) >= 11 is 0. The first-order chi connectivity index (χ1) is 9.61. The standard InChI is InChI=1S/C16H20N2O2/c1-8-7-17-15(18-14(8)16(19)20)13-11-3-9-2-10(5-11)6-12(13)4-9/h7,9-13H,2-6H2,1H3,(H,19,20). The van der Waals surface area contributed by atoms with Crippen molar-refractivity contribution in [3.05, 3.63) is 23.3 Å². The van der Waals surface area contributed by atoms with Gasteiger partial charge in [-0.15, -0.1) is 0 Å². The number of hydrogen-bond donors (Lipinski definition) is 1. The Balaban J connectivity index is 1.71. The second-order valence-electron chi connectivity index (χ2n) is 7.02. The molecule has 4 aliphatic rings. The van der Waals surface area contributed by atoms with E-state index in [0.29, 0.717) is 23.3 Å². The van der Waals surface area contributed by atoms with Crippen molar-refractivity contribution in [2.45, 2.75) is 44.9 Å². The van der Waals surface area contributed by atoms with Gasteiger partial charge in [0.1, 0.15) is 5.82 Å². The molecule has 4 aliphatic carbocycles. The summed E-state index contributed by atoms with van der Waals surface area (Å²) in [7, 11) is 0. The van der Waals surface area contributed by atoms with Crippen LogP contribution < -0.4 is 0 Å². The van der Waals surface area contributed by atoms with Crippen LogP contribution in [0.1, 0.15) is 59.9 Å². The number of rotatable bonds is 2. The number of carboxylic acid groups (broad SMARTS) is 1. The molecule has 0 aliphatic heterocycles. The van der Waals surface area contributed by atoms with E-state index in [0.717, 1.165) is 17.7 Å². The molecule has 106 valence electrons. The molecule has 0 aromatic carbocycles. The maximum atomic E-state index is 11.3. The van der Waals surface area contributed by atoms with Crippen LogP contribution >= 0.6 is 0 Å². The molecule has 4 heteroatoms. The van der Waals surface area contributed by atoms with E-state index in [2.05, 4.69) is 9.97 Å². The van der Waals surface area contributed by atoms with Gasteiger partial charge in [-0.3, -0.25) is 0 Å². The number of carbonyl (C=O) groups is 1. The molecule has 20 heavy (non-hydrogen) atoms. The fourth-order valence-electron chi connectivity index (χ4n) is 5.18. The first-order valence-electron chi connectivity index (χ1n) is 7.68. The van der Waals surface area contributed by atoms with Crippen molar-refractivity contribution >= 4 is 5.97 Å². The number of carboxylic acids is 1. The van der Waals surface area contributed by atoms with Crippen LogP contribution in [0.25, 0.3) is 0 Å². The van der Waals surface area contributed by atoms with Crippen LogP contribution in [0.15, 0.2) is 6.20 Å². The quantitative estimate of drug-likeness (QED) is 0.898. The molecule has 0 atom stereocenters. The Bertz CT molecular complexity index is 542. The number of aryl methyl sites for hydroxylation is 1. The fourth-order valence-corrected chi connectivity index (χ4v) is 5.18. The third-order valence-corrected chi connectivity index (χ3v) is 5.72. The van der Waals surface area contributed by atoms with E-state index in [9.17, 15) is 9.90 Å². The zero-order valence-corrected chi connectivity index (χ0v) is 11.7. The Morgan fingerprint density at radius 2 is 1.75 bits per heavy atom. The summed E-state index contributed by atoms with van der Waals surface area (Å²) in [4.78, 5) is 20.2. The smallest absolute Gasteiger partial charge is 0.354 e. The van der Waals surface area contributed by atoms with Crippen LogP contribution in [-0.4, -0.2) is 21.0 Å². The average molecular weight is 272 g/mol. The molecule has 1 heterocycles. The summed E-state index contributed by atoms with van der Waals surface area (Å²) in [5, 5.41) is 9.25. The number of aromatic nitrogens is 2. The molecule has 4 fully saturated rings. The Labute approximate surface area is 118 Å². The number of hydrogen-bond acceptors (Lipinski definition) is 3. The van der Waals surface area contributed by atoms with Gasteiger partial charge in [-0.2, -0.15) is 0 Å². The van der Waals surface area contributed by atoms with Crippen LogP contribution in [0.4, 0.5) is 0 Å². The van der Waals surface area contributed by atoms with Crippen molar-refractivity contribution in [1.82, 2.24) is 9.97 Å². The molecule has 0 saturated heterocycles. The van der Waals surface area contributed by atoms with E-state index >= 15 is 0 Å². The number of aromatic carboxylic acids is 1. The Kier molecular flexibility index (Phi) is 2.63. The second-order valence-corrected chi connectivity index (χ2v) is 7.02. The highest BCUT2D eigenvalue weighted by Crippen LogP contribution is 2.59. The molecular weight excluding hydrogens is 252 g/mol. The molecule has 4 bridgehead atoms. The third kappa shape index (κ3) is 1.77. The van der Waals surface area contributed by atoms with Crippen molar-refractivity contribution in [1.29, 1.82) is 0 Å². The van der Waals surface area contributed by atoms with Crippen LogP contribution in [-0.2, 0) is 0 Å². The molecule has 0 amide bonds. The lowest BCUT2D eigenvalue weighted by molar-refractivity contribution is -0.00578. The highest BCUT2D eigenvalue weighted by molar-refractivity contribution is 5.86. The summed E-state index contributed by atoms with van der Waals surface area (Å²) in [5.41, 5.74) is 0.842. The molecule has 4 nitrogen and oxygen atoms in total. The molecule has 1 aromatic heterocycles. The molecule has 4 saturated carbocycles. The average Bonchev–Trinajstić information content (AvgIpc) is 2.38. The predicted octanol–water partition coefficient (Wildman–Crippen LogP) is 3.02. The number of nitrogens with zero attached hydrogens (tertiary/aromatic N) is 2. The fraction of sp³-hybridized carbons (Fsp3) is 0.688. The van der Waals surface area contributed by atoms with Gasteiger partial charge in [0, 0.05) is 17.7 Å². The summed E-state index contributed by atoms with van der Waals surface area (Å²) in [5.74, 6) is 3.47. The molecular formula is C16H20N2O2. The normalized spacial score (nSPS) is 38.1. The monoisotopic (exact) mass is 272 g/mol. The van der Waals surface area contributed by atoms with Crippen molar-refractivity contribution in [3.63, 3.8) is 0 Å². The minimum Gasteiger partial charge on any atom is -0.477 e. The molecule has 1 aromatic rings. The van der Waals surface area contributed by atoms with Crippen LogP contribution in [0.2, 0.25) is 0 Å². The first kappa shape index (κ1) is 12.3. The van der Waals surface area contributed by atoms with Gasteiger partial charge in [0.15, 0.2) is 5.69 Å². The summed E-state index contributed by atoms with van der Waals surface area (Å²) in [6.45, 7) is 1.77. The minimum absolute atomic E-state index is 0.184. The highest BCUT2D eigenvalue weighted by Gasteiger charge is 2.49. The Morgan fingerprint density at radius 3 is 2.30 bits per heavy atom. The molecule has 1 N–H and O–H groups in total. The van der Waals surface area contributed by atoms with Crippen LogP contribution in [0.3, 0.4) is 0 Å². The third-order valence-electron chi connectivity index (χ3n) is 5.72. The van der Waals surface area contributed by atoms with Crippen molar-refractivity contribution in [2.24, 2.45) is 23.7 Å². The zero-order valence-electron chi connectivity index (χ0n) is 11.7. The molecule has 5 rings (SSSR count). The molecule has 0 radical (unpaired) electrons. The summed E-state index contributed by atoms with van der Waals surface area (Å²) < 4.78 is 0. The largest absolute Gasteiger partial charge is 0.477 e. The zero-order chi connectivity index (χ0) is 13.9. The predicted molar refractivity (Wildman–Crippen MR) is 73.5 cm³/mol. The maximum Gasteiger partial charge on any atom is 0.354 e. The SMILES string of the molecule is Cc1cnc(C2C3CC4CC(C3)CC2C4)nc1C(=O)O. The molecule has 0 unspecified atom stereocenters. The van der Waals surface area contributed by atoms with Gasteiger partial charge in [0.25, 0.3) is 0 Å². The molecule has 0 spiro atoms. The van der Waals surface area contributed by atoms with Gasteiger partial charge in [-0.25, -0.2) is 14.8 Å². The Hall–Kier alpha value is -1.45. The minimum atomic E-state index is -0.935. The van der Waals surface area contributed by atoms with Crippen LogP contribution in [0, 0.1) is 30.6 Å². The van der Waals surface area contributed by atoms with Crippen LogP contribution in [0.5, 0.6) is 0 Å². The summed E-state index contributed by atoms with van der Waals surface area (Å²) in [6, 6.07) is 0. The van der Waals surface area contributed by atoms with Crippen molar-refractivity contribution < 1.29 is 9.90 Å². The topological polar surface area (TPSA) is 63.1 Å². The van der Waals surface area contributed by atoms with E-state index in [1.807, 2.05) is 0 Å². The van der Waals surface area contributed by atoms with Gasteiger partial charge >= 0.3 is 5.97 Å². The van der Waals surface area contributed by atoms with Gasteiger partial charge < -0.3 is 5.11 Å². The first-order valence-corrected chi connectivity index (χ1v) is 7.68. The van der Waals surface area contributed by atoms with Gasteiger partial charge in [-0.1, -0.05) is 0 Å². The second kappa shape index (κ2) is 4.27. The lowest BCUT2D eigenvalue weighted by Crippen LogP contribution is -2.44. The van der Waals surface area contributed by atoms with E-state index < -0.39 is 5.97 Å². The van der Waals surface area contributed by atoms with Crippen molar-refractivity contribution in [2.75, 3.05) is 0 Å². The van der Waals surface area contributed by atoms with Crippen molar-refractivity contribution in [3.8, 4) is 0 Å². The van der Waals surface area contributed by atoms with Gasteiger partial charge in [0.2, 0.25) is 0 Å². The highest BCUT2D eigenvalue weighted by atomic mass is 16.4.